The molecule has 0 bridgehead atoms. The summed E-state index contributed by atoms with van der Waals surface area (Å²) in [6.07, 6.45) is -5.33. The smallest absolute Gasteiger partial charge is 0.299 e. The van der Waals surface area contributed by atoms with Gasteiger partial charge in [-0.25, -0.2) is 0 Å². The Morgan fingerprint density at radius 1 is 1.50 bits per heavy atom. The number of hydrogen-bond acceptors (Lipinski definition) is 2. The van der Waals surface area contributed by atoms with Crippen LogP contribution < -0.4 is 0 Å². The van der Waals surface area contributed by atoms with Crippen LogP contribution in [0.4, 0.5) is 13.2 Å². The molecule has 0 spiro atoms. The van der Waals surface area contributed by atoms with E-state index in [0.717, 1.165) is 5.69 Å². The summed E-state index contributed by atoms with van der Waals surface area (Å²) in [4.78, 5) is 11.1. The van der Waals surface area contributed by atoms with Crippen molar-refractivity contribution in [2.24, 2.45) is 7.05 Å². The van der Waals surface area contributed by atoms with E-state index in [2.05, 4.69) is 5.10 Å². The molecule has 6 heteroatoms. The maximum Gasteiger partial charge on any atom is 0.395 e. The molecule has 0 unspecified atom stereocenters. The summed E-state index contributed by atoms with van der Waals surface area (Å²) in [7, 11) is 1.62. The number of carbonyl (C=O) groups excluding carboxylic acids is 1. The number of nitrogens with zero attached hydrogens (tertiary/aromatic N) is 2. The number of halogens is 3. The van der Waals surface area contributed by atoms with Gasteiger partial charge in [0.1, 0.15) is 12.2 Å². The van der Waals surface area contributed by atoms with Crippen molar-refractivity contribution in [2.45, 2.75) is 32.4 Å². The van der Waals surface area contributed by atoms with Gasteiger partial charge >= 0.3 is 6.18 Å². The largest absolute Gasteiger partial charge is 0.395 e. The van der Waals surface area contributed by atoms with E-state index < -0.39 is 18.4 Å². The van der Waals surface area contributed by atoms with Crippen LogP contribution in [0.1, 0.15) is 24.7 Å². The Labute approximate surface area is 91.3 Å². The van der Waals surface area contributed by atoms with E-state index in [1.165, 1.54) is 4.68 Å². The van der Waals surface area contributed by atoms with E-state index in [4.69, 9.17) is 0 Å². The van der Waals surface area contributed by atoms with Crippen LogP contribution in [0.2, 0.25) is 0 Å². The minimum Gasteiger partial charge on any atom is -0.299 e. The highest BCUT2D eigenvalue weighted by Gasteiger charge is 2.31. The highest BCUT2D eigenvalue weighted by atomic mass is 19.4. The molecule has 0 saturated heterocycles. The summed E-state index contributed by atoms with van der Waals surface area (Å²) in [6.45, 7) is 1.89. The molecule has 90 valence electrons. The molecule has 0 aromatic carbocycles. The van der Waals surface area contributed by atoms with Gasteiger partial charge in [-0.1, -0.05) is 6.92 Å². The van der Waals surface area contributed by atoms with Gasteiger partial charge in [0, 0.05) is 19.2 Å². The molecule has 0 radical (unpaired) electrons. The molecule has 0 N–H and O–H groups in total. The fourth-order valence-corrected chi connectivity index (χ4v) is 1.40. The van der Waals surface area contributed by atoms with Crippen molar-refractivity contribution in [1.29, 1.82) is 0 Å². The van der Waals surface area contributed by atoms with Gasteiger partial charge < -0.3 is 0 Å². The summed E-state index contributed by atoms with van der Waals surface area (Å²) >= 11 is 0. The monoisotopic (exact) mass is 234 g/mol. The molecule has 16 heavy (non-hydrogen) atoms. The number of aromatic nitrogens is 2. The molecular formula is C10H13F3N2O. The number of Topliss-reactive ketones (excluding diaryl/α,β-unsaturated/α-hetero) is 1. The first-order valence-corrected chi connectivity index (χ1v) is 4.92. The lowest BCUT2D eigenvalue weighted by Crippen LogP contribution is -2.17. The fraction of sp³-hybridized carbons (Fsp3) is 0.600. The number of hydrogen-bond donors (Lipinski definition) is 0. The summed E-state index contributed by atoms with van der Waals surface area (Å²) in [5.41, 5.74) is 1.29. The van der Waals surface area contributed by atoms with E-state index in [1.54, 1.807) is 13.1 Å². The zero-order valence-electron chi connectivity index (χ0n) is 9.14. The van der Waals surface area contributed by atoms with Crippen molar-refractivity contribution in [3.8, 4) is 0 Å². The second-order valence-electron chi connectivity index (χ2n) is 3.61. The third kappa shape index (κ3) is 3.67. The van der Waals surface area contributed by atoms with Gasteiger partial charge in [-0.3, -0.25) is 9.48 Å². The molecular weight excluding hydrogens is 221 g/mol. The van der Waals surface area contributed by atoms with Crippen LogP contribution in [-0.2, 0) is 24.7 Å². The first-order chi connectivity index (χ1) is 7.31. The molecule has 0 amide bonds. The highest BCUT2D eigenvalue weighted by molar-refractivity contribution is 5.81. The Balaban J connectivity index is 2.66. The predicted octanol–water partition coefficient (Wildman–Crippen LogP) is 2.05. The Morgan fingerprint density at radius 3 is 2.56 bits per heavy atom. The Morgan fingerprint density at radius 2 is 2.12 bits per heavy atom. The first kappa shape index (κ1) is 12.7. The van der Waals surface area contributed by atoms with Crippen LogP contribution in [0.25, 0.3) is 0 Å². The predicted molar refractivity (Wildman–Crippen MR) is 52.0 cm³/mol. The molecule has 0 saturated carbocycles. The van der Waals surface area contributed by atoms with E-state index in [-0.39, 0.29) is 6.42 Å². The molecule has 0 atom stereocenters. The van der Waals surface area contributed by atoms with E-state index >= 15 is 0 Å². The van der Waals surface area contributed by atoms with Crippen LogP contribution in [0.3, 0.4) is 0 Å². The number of aryl methyl sites for hydroxylation is 2. The van der Waals surface area contributed by atoms with Gasteiger partial charge in [-0.05, 0) is 12.5 Å². The number of ketones is 1. The van der Waals surface area contributed by atoms with Crippen LogP contribution in [0, 0.1) is 0 Å². The standard InChI is InChI=1S/C10H13F3N2O/c1-3-7-4-8(15(2)14-7)5-9(16)6-10(11,12)13/h4H,3,5-6H2,1-2H3. The van der Waals surface area contributed by atoms with Gasteiger partial charge in [0.25, 0.3) is 0 Å². The van der Waals surface area contributed by atoms with Gasteiger partial charge in [-0.15, -0.1) is 0 Å². The SMILES string of the molecule is CCc1cc(CC(=O)CC(F)(F)F)n(C)n1. The average Bonchev–Trinajstić information content (AvgIpc) is 2.44. The molecule has 1 aromatic rings. The van der Waals surface area contributed by atoms with Crippen molar-refractivity contribution in [1.82, 2.24) is 9.78 Å². The summed E-state index contributed by atoms with van der Waals surface area (Å²) in [5, 5.41) is 4.06. The third-order valence-electron chi connectivity index (χ3n) is 2.17. The van der Waals surface area contributed by atoms with E-state index in [1.807, 2.05) is 6.92 Å². The molecule has 1 aromatic heterocycles. The summed E-state index contributed by atoms with van der Waals surface area (Å²) in [5.74, 6) is -0.835. The van der Waals surface area contributed by atoms with Gasteiger partial charge in [0.15, 0.2) is 0 Å². The van der Waals surface area contributed by atoms with Gasteiger partial charge in [0.05, 0.1) is 5.69 Å². The lowest BCUT2D eigenvalue weighted by molar-refractivity contribution is -0.151. The van der Waals surface area contributed by atoms with Crippen LogP contribution in [0.15, 0.2) is 6.07 Å². The zero-order chi connectivity index (χ0) is 12.3. The maximum atomic E-state index is 11.9. The Bertz CT molecular complexity index is 382. The molecule has 0 aliphatic rings. The quantitative estimate of drug-likeness (QED) is 0.799. The summed E-state index contributed by atoms with van der Waals surface area (Å²) < 4.78 is 37.3. The van der Waals surface area contributed by atoms with Gasteiger partial charge in [-0.2, -0.15) is 18.3 Å². The van der Waals surface area contributed by atoms with Crippen molar-refractivity contribution >= 4 is 5.78 Å². The maximum absolute atomic E-state index is 11.9. The topological polar surface area (TPSA) is 34.9 Å². The third-order valence-corrected chi connectivity index (χ3v) is 2.17. The minimum absolute atomic E-state index is 0.219. The molecule has 3 nitrogen and oxygen atoms in total. The minimum atomic E-state index is -4.43. The van der Waals surface area contributed by atoms with Crippen molar-refractivity contribution in [3.05, 3.63) is 17.5 Å². The number of rotatable bonds is 4. The molecule has 0 fully saturated rings. The first-order valence-electron chi connectivity index (χ1n) is 4.92. The lowest BCUT2D eigenvalue weighted by Gasteiger charge is -2.05. The molecule has 0 aliphatic heterocycles. The lowest BCUT2D eigenvalue weighted by atomic mass is 10.1. The Kier molecular flexibility index (Phi) is 3.72. The van der Waals surface area contributed by atoms with Crippen molar-refractivity contribution in [3.63, 3.8) is 0 Å². The number of carbonyl (C=O) groups is 1. The summed E-state index contributed by atoms with van der Waals surface area (Å²) in [6, 6.07) is 1.66. The normalized spacial score (nSPS) is 11.8. The van der Waals surface area contributed by atoms with Crippen molar-refractivity contribution in [2.75, 3.05) is 0 Å². The highest BCUT2D eigenvalue weighted by Crippen LogP contribution is 2.20. The van der Waals surface area contributed by atoms with Crippen molar-refractivity contribution < 1.29 is 18.0 Å². The average molecular weight is 234 g/mol. The van der Waals surface area contributed by atoms with Crippen LogP contribution in [0.5, 0.6) is 0 Å². The van der Waals surface area contributed by atoms with Crippen LogP contribution >= 0.6 is 0 Å². The molecule has 1 heterocycles. The second-order valence-corrected chi connectivity index (χ2v) is 3.61. The zero-order valence-corrected chi connectivity index (χ0v) is 9.14. The van der Waals surface area contributed by atoms with E-state index in [0.29, 0.717) is 12.1 Å². The Hall–Kier alpha value is -1.33. The molecule has 1 rings (SSSR count). The van der Waals surface area contributed by atoms with Gasteiger partial charge in [0.2, 0.25) is 0 Å². The second kappa shape index (κ2) is 4.67. The van der Waals surface area contributed by atoms with E-state index in [9.17, 15) is 18.0 Å². The fourth-order valence-electron chi connectivity index (χ4n) is 1.40. The molecule has 0 aliphatic carbocycles. The van der Waals surface area contributed by atoms with Crippen LogP contribution in [-0.4, -0.2) is 21.7 Å². The number of alkyl halides is 3.